The van der Waals surface area contributed by atoms with Gasteiger partial charge in [-0.3, -0.25) is 4.90 Å². The maximum atomic E-state index is 12.7. The summed E-state index contributed by atoms with van der Waals surface area (Å²) in [6, 6.07) is 15.0. The summed E-state index contributed by atoms with van der Waals surface area (Å²) in [4.78, 5) is 23.8. The number of piperidine rings is 1. The topological polar surface area (TPSA) is 51.7 Å². The van der Waals surface area contributed by atoms with Crippen molar-refractivity contribution in [3.8, 4) is 0 Å². The van der Waals surface area contributed by atoms with Crippen molar-refractivity contribution >= 4 is 27.8 Å². The molecule has 1 atom stereocenters. The number of anilines is 1. The second kappa shape index (κ2) is 11.1. The number of amides is 2. The maximum Gasteiger partial charge on any atom is 0.317 e. The lowest BCUT2D eigenvalue weighted by Crippen LogP contribution is -2.45. The van der Waals surface area contributed by atoms with Crippen molar-refractivity contribution in [3.63, 3.8) is 0 Å². The van der Waals surface area contributed by atoms with Gasteiger partial charge in [0.1, 0.15) is 5.82 Å². The molecule has 32 heavy (non-hydrogen) atoms. The Hall–Kier alpha value is -2.12. The third-order valence-corrected chi connectivity index (χ3v) is 7.32. The first-order valence-corrected chi connectivity index (χ1v) is 12.5. The van der Waals surface area contributed by atoms with Gasteiger partial charge in [0.25, 0.3) is 0 Å². The number of urea groups is 1. The van der Waals surface area contributed by atoms with Crippen LogP contribution in [-0.2, 0) is 6.54 Å². The molecular weight excluding hydrogens is 466 g/mol. The summed E-state index contributed by atoms with van der Waals surface area (Å²) < 4.78 is 0.982. The van der Waals surface area contributed by atoms with E-state index in [1.54, 1.807) is 0 Å². The normalized spacial score (nSPS) is 19.8. The average molecular weight is 500 g/mol. The third kappa shape index (κ3) is 6.23. The van der Waals surface area contributed by atoms with Gasteiger partial charge in [-0.15, -0.1) is 0 Å². The van der Waals surface area contributed by atoms with Crippen molar-refractivity contribution < 1.29 is 4.79 Å². The molecule has 1 unspecified atom stereocenters. The van der Waals surface area contributed by atoms with Crippen LogP contribution in [0.2, 0.25) is 0 Å². The zero-order valence-electron chi connectivity index (χ0n) is 18.9. The average Bonchev–Trinajstić information content (AvgIpc) is 3.31. The zero-order chi connectivity index (χ0) is 22.3. The molecule has 1 aromatic carbocycles. The van der Waals surface area contributed by atoms with E-state index in [2.05, 4.69) is 66.4 Å². The quantitative estimate of drug-likeness (QED) is 0.614. The fraction of sp³-hybridized carbons (Fsp3) is 0.520. The number of pyridine rings is 1. The Balaban J connectivity index is 1.13. The lowest BCUT2D eigenvalue weighted by molar-refractivity contribution is 0.169. The SMILES string of the molecule is CN(C(=O)NCCC1CCN(Cc2ccccc2)CC1)C1CCN(c2ccc(Br)cn2)C1. The van der Waals surface area contributed by atoms with Gasteiger partial charge in [-0.1, -0.05) is 30.3 Å². The smallest absolute Gasteiger partial charge is 0.317 e. The highest BCUT2D eigenvalue weighted by molar-refractivity contribution is 9.10. The van der Waals surface area contributed by atoms with Gasteiger partial charge in [-0.25, -0.2) is 9.78 Å². The standard InChI is InChI=1S/C25H34BrN5O/c1-29(23-12-16-31(19-23)24-8-7-22(26)17-28-24)25(32)27-13-9-20-10-14-30(15-11-20)18-21-5-3-2-4-6-21/h2-8,17,20,23H,9-16,18-19H2,1H3,(H,27,32). The van der Waals surface area contributed by atoms with E-state index in [4.69, 9.17) is 0 Å². The van der Waals surface area contributed by atoms with E-state index in [1.807, 2.05) is 30.3 Å². The first kappa shape index (κ1) is 23.1. The van der Waals surface area contributed by atoms with E-state index in [0.29, 0.717) is 5.92 Å². The van der Waals surface area contributed by atoms with E-state index in [9.17, 15) is 4.79 Å². The van der Waals surface area contributed by atoms with Gasteiger partial charge in [-0.05, 0) is 78.3 Å². The number of aromatic nitrogens is 1. The summed E-state index contributed by atoms with van der Waals surface area (Å²) in [6.07, 6.45) is 6.30. The first-order valence-electron chi connectivity index (χ1n) is 11.7. The second-order valence-electron chi connectivity index (χ2n) is 9.06. The number of carbonyl (C=O) groups is 1. The third-order valence-electron chi connectivity index (χ3n) is 6.85. The molecule has 0 aliphatic carbocycles. The van der Waals surface area contributed by atoms with Crippen LogP contribution < -0.4 is 10.2 Å². The van der Waals surface area contributed by atoms with Crippen LogP contribution in [-0.4, -0.2) is 66.6 Å². The minimum absolute atomic E-state index is 0.0436. The number of likely N-dealkylation sites (N-methyl/N-ethyl adjacent to an activating group) is 1. The highest BCUT2D eigenvalue weighted by Crippen LogP contribution is 2.23. The molecule has 0 bridgehead atoms. The van der Waals surface area contributed by atoms with Gasteiger partial charge in [0.05, 0.1) is 6.04 Å². The Bertz CT molecular complexity index is 854. The largest absolute Gasteiger partial charge is 0.354 e. The van der Waals surface area contributed by atoms with E-state index in [0.717, 1.165) is 62.4 Å². The highest BCUT2D eigenvalue weighted by Gasteiger charge is 2.29. The van der Waals surface area contributed by atoms with E-state index >= 15 is 0 Å². The van der Waals surface area contributed by atoms with Crippen molar-refractivity contribution in [1.29, 1.82) is 0 Å². The number of carbonyl (C=O) groups excluding carboxylic acids is 1. The summed E-state index contributed by atoms with van der Waals surface area (Å²) in [5.41, 5.74) is 1.39. The molecule has 3 heterocycles. The van der Waals surface area contributed by atoms with E-state index in [-0.39, 0.29) is 12.1 Å². The number of benzene rings is 1. The Labute approximate surface area is 200 Å². The molecular formula is C25H34BrN5O. The molecule has 1 aromatic heterocycles. The number of nitrogens with zero attached hydrogens (tertiary/aromatic N) is 4. The molecule has 2 fully saturated rings. The van der Waals surface area contributed by atoms with Crippen LogP contribution in [0.4, 0.5) is 10.6 Å². The Kier molecular flexibility index (Phi) is 8.03. The summed E-state index contributed by atoms with van der Waals surface area (Å²) in [5, 5.41) is 3.15. The molecule has 2 saturated heterocycles. The molecule has 2 aromatic rings. The van der Waals surface area contributed by atoms with Crippen LogP contribution in [0.15, 0.2) is 53.1 Å². The number of hydrogen-bond donors (Lipinski definition) is 1. The molecule has 0 spiro atoms. The van der Waals surface area contributed by atoms with Gasteiger partial charge in [0.2, 0.25) is 0 Å². The summed E-state index contributed by atoms with van der Waals surface area (Å²) in [5.74, 6) is 1.68. The Morgan fingerprint density at radius 1 is 1.12 bits per heavy atom. The van der Waals surface area contributed by atoms with Gasteiger partial charge >= 0.3 is 6.03 Å². The van der Waals surface area contributed by atoms with Crippen LogP contribution in [0.3, 0.4) is 0 Å². The first-order chi connectivity index (χ1) is 15.6. The molecule has 7 heteroatoms. The molecule has 6 nitrogen and oxygen atoms in total. The van der Waals surface area contributed by atoms with Crippen LogP contribution in [0.1, 0.15) is 31.2 Å². The van der Waals surface area contributed by atoms with Crippen LogP contribution in [0, 0.1) is 5.92 Å². The number of likely N-dealkylation sites (tertiary alicyclic amines) is 1. The summed E-state index contributed by atoms with van der Waals surface area (Å²) in [6.45, 7) is 5.86. The number of hydrogen-bond acceptors (Lipinski definition) is 4. The molecule has 0 radical (unpaired) electrons. The van der Waals surface area contributed by atoms with Gasteiger partial charge in [0.15, 0.2) is 0 Å². The maximum absolute atomic E-state index is 12.7. The van der Waals surface area contributed by atoms with Gasteiger partial charge in [-0.2, -0.15) is 0 Å². The minimum Gasteiger partial charge on any atom is -0.354 e. The van der Waals surface area contributed by atoms with Crippen LogP contribution in [0.25, 0.3) is 0 Å². The van der Waals surface area contributed by atoms with Crippen molar-refractivity contribution in [2.75, 3.05) is 44.7 Å². The number of rotatable bonds is 7. The molecule has 172 valence electrons. The van der Waals surface area contributed by atoms with Gasteiger partial charge in [0, 0.05) is 43.9 Å². The Morgan fingerprint density at radius 2 is 1.91 bits per heavy atom. The Morgan fingerprint density at radius 3 is 2.62 bits per heavy atom. The summed E-state index contributed by atoms with van der Waals surface area (Å²) in [7, 11) is 1.92. The van der Waals surface area contributed by atoms with Gasteiger partial charge < -0.3 is 15.1 Å². The van der Waals surface area contributed by atoms with Crippen LogP contribution >= 0.6 is 15.9 Å². The van der Waals surface area contributed by atoms with E-state index < -0.39 is 0 Å². The minimum atomic E-state index is 0.0436. The second-order valence-corrected chi connectivity index (χ2v) is 9.98. The molecule has 4 rings (SSSR count). The monoisotopic (exact) mass is 499 g/mol. The fourth-order valence-electron chi connectivity index (χ4n) is 4.77. The molecule has 2 aliphatic heterocycles. The predicted octanol–water partition coefficient (Wildman–Crippen LogP) is 4.37. The van der Waals surface area contributed by atoms with Crippen molar-refractivity contribution in [2.24, 2.45) is 5.92 Å². The van der Waals surface area contributed by atoms with Crippen LogP contribution in [0.5, 0.6) is 0 Å². The molecule has 1 N–H and O–H groups in total. The molecule has 2 amide bonds. The number of nitrogens with one attached hydrogen (secondary N) is 1. The number of halogens is 1. The molecule has 2 aliphatic rings. The van der Waals surface area contributed by atoms with Crippen molar-refractivity contribution in [2.45, 2.75) is 38.3 Å². The zero-order valence-corrected chi connectivity index (χ0v) is 20.5. The van der Waals surface area contributed by atoms with Crippen molar-refractivity contribution in [3.05, 3.63) is 58.7 Å². The molecule has 0 saturated carbocycles. The lowest BCUT2D eigenvalue weighted by atomic mass is 9.93. The summed E-state index contributed by atoms with van der Waals surface area (Å²) >= 11 is 3.43. The van der Waals surface area contributed by atoms with E-state index in [1.165, 1.54) is 18.4 Å². The van der Waals surface area contributed by atoms with Crippen molar-refractivity contribution in [1.82, 2.24) is 20.1 Å². The highest BCUT2D eigenvalue weighted by atomic mass is 79.9. The lowest BCUT2D eigenvalue weighted by Gasteiger charge is -2.32. The predicted molar refractivity (Wildman–Crippen MR) is 133 cm³/mol. The fourth-order valence-corrected chi connectivity index (χ4v) is 5.00.